The van der Waals surface area contributed by atoms with Gasteiger partial charge in [-0.05, 0) is 74.7 Å². The van der Waals surface area contributed by atoms with Crippen LogP contribution in [0.3, 0.4) is 0 Å². The van der Waals surface area contributed by atoms with Crippen molar-refractivity contribution < 1.29 is 19.1 Å². The number of carbonyl (C=O) groups is 2. The predicted octanol–water partition coefficient (Wildman–Crippen LogP) is 5.89. The van der Waals surface area contributed by atoms with E-state index in [0.29, 0.717) is 30.3 Å². The van der Waals surface area contributed by atoms with Crippen LogP contribution in [0.15, 0.2) is 73.3 Å². The van der Waals surface area contributed by atoms with Crippen molar-refractivity contribution in [3.8, 4) is 11.5 Å². The molecular weight excluding hydrogens is 466 g/mol. The first-order chi connectivity index (χ1) is 17.6. The molecule has 0 saturated carbocycles. The number of aryl methyl sites for hydroxylation is 1. The fourth-order valence-corrected chi connectivity index (χ4v) is 4.18. The minimum atomic E-state index is -0.610. The molecule has 192 valence electrons. The normalized spacial score (nSPS) is 12.9. The number of hydrogen-bond donors (Lipinski definition) is 2. The highest BCUT2D eigenvalue weighted by molar-refractivity contribution is 5.99. The van der Waals surface area contributed by atoms with Crippen LogP contribution in [0.5, 0.6) is 11.5 Å². The number of allylic oxidation sites excluding steroid dienone is 1. The first kappa shape index (κ1) is 25.8. The molecule has 37 heavy (non-hydrogen) atoms. The third-order valence-corrected chi connectivity index (χ3v) is 6.24. The SMILES string of the molecule is C=C(C)c1cccc(C(C)(C)NC(=O)Nc2ccc3c(c2)OCC(=O)N3CCOc2cccc(C)c2)c1. The van der Waals surface area contributed by atoms with Crippen molar-refractivity contribution in [3.63, 3.8) is 0 Å². The highest BCUT2D eigenvalue weighted by Gasteiger charge is 2.27. The lowest BCUT2D eigenvalue weighted by Crippen LogP contribution is -2.43. The summed E-state index contributed by atoms with van der Waals surface area (Å²) in [5, 5.41) is 5.90. The van der Waals surface area contributed by atoms with E-state index in [-0.39, 0.29) is 18.5 Å². The molecule has 1 aliphatic rings. The zero-order chi connectivity index (χ0) is 26.6. The number of ether oxygens (including phenoxy) is 2. The maximum Gasteiger partial charge on any atom is 0.319 e. The van der Waals surface area contributed by atoms with E-state index in [1.807, 2.05) is 76.2 Å². The molecule has 4 rings (SSSR count). The molecule has 0 bridgehead atoms. The Hall–Kier alpha value is -4.26. The number of amides is 3. The highest BCUT2D eigenvalue weighted by atomic mass is 16.5. The Morgan fingerprint density at radius 3 is 2.65 bits per heavy atom. The average Bonchev–Trinajstić information content (AvgIpc) is 2.85. The summed E-state index contributed by atoms with van der Waals surface area (Å²) in [7, 11) is 0. The molecule has 0 aliphatic carbocycles. The fourth-order valence-electron chi connectivity index (χ4n) is 4.18. The van der Waals surface area contributed by atoms with Crippen molar-refractivity contribution in [1.29, 1.82) is 0 Å². The first-order valence-corrected chi connectivity index (χ1v) is 12.2. The van der Waals surface area contributed by atoms with Gasteiger partial charge in [-0.3, -0.25) is 4.79 Å². The topological polar surface area (TPSA) is 79.9 Å². The number of urea groups is 1. The molecule has 3 aromatic carbocycles. The third-order valence-electron chi connectivity index (χ3n) is 6.24. The summed E-state index contributed by atoms with van der Waals surface area (Å²) >= 11 is 0. The number of nitrogens with one attached hydrogen (secondary N) is 2. The molecule has 0 saturated heterocycles. The predicted molar refractivity (Wildman–Crippen MR) is 147 cm³/mol. The van der Waals surface area contributed by atoms with Crippen LogP contribution in [0, 0.1) is 6.92 Å². The molecule has 0 unspecified atom stereocenters. The van der Waals surface area contributed by atoms with E-state index in [9.17, 15) is 9.59 Å². The van der Waals surface area contributed by atoms with Crippen LogP contribution in [0.25, 0.3) is 5.57 Å². The Morgan fingerprint density at radius 2 is 1.89 bits per heavy atom. The number of carbonyl (C=O) groups excluding carboxylic acids is 2. The second-order valence-corrected chi connectivity index (χ2v) is 9.75. The molecule has 0 radical (unpaired) electrons. The van der Waals surface area contributed by atoms with Crippen molar-refractivity contribution in [2.45, 2.75) is 33.2 Å². The lowest BCUT2D eigenvalue weighted by atomic mass is 9.92. The summed E-state index contributed by atoms with van der Waals surface area (Å²) in [6, 6.07) is 20.7. The van der Waals surface area contributed by atoms with Gasteiger partial charge in [-0.15, -0.1) is 0 Å². The molecule has 3 amide bonds. The summed E-state index contributed by atoms with van der Waals surface area (Å²) in [5.74, 6) is 1.15. The van der Waals surface area contributed by atoms with E-state index in [4.69, 9.17) is 9.47 Å². The summed E-state index contributed by atoms with van der Waals surface area (Å²) < 4.78 is 11.5. The number of benzene rings is 3. The molecule has 7 nitrogen and oxygen atoms in total. The van der Waals surface area contributed by atoms with E-state index >= 15 is 0 Å². The van der Waals surface area contributed by atoms with Gasteiger partial charge in [0.1, 0.15) is 18.1 Å². The fraction of sp³-hybridized carbons (Fsp3) is 0.267. The standard InChI is InChI=1S/C30H33N3O4/c1-20(2)22-9-7-10-23(17-22)30(4,5)32-29(35)31-24-12-13-26-27(18-24)37-19-28(34)33(26)14-15-36-25-11-6-8-21(3)16-25/h6-13,16-18H,1,14-15,19H2,2-5H3,(H2,31,32,35). The van der Waals surface area contributed by atoms with Crippen LogP contribution in [0.4, 0.5) is 16.2 Å². The Balaban J connectivity index is 1.40. The van der Waals surface area contributed by atoms with Crippen LogP contribution in [-0.2, 0) is 10.3 Å². The molecule has 0 atom stereocenters. The smallest absolute Gasteiger partial charge is 0.319 e. The second kappa shape index (κ2) is 10.8. The largest absolute Gasteiger partial charge is 0.492 e. The minimum absolute atomic E-state index is 0.0703. The molecule has 0 aromatic heterocycles. The van der Waals surface area contributed by atoms with Gasteiger partial charge in [-0.2, -0.15) is 0 Å². The van der Waals surface area contributed by atoms with Crippen LogP contribution in [-0.4, -0.2) is 31.7 Å². The Bertz CT molecular complexity index is 1330. The maximum absolute atomic E-state index is 12.8. The number of anilines is 2. The molecule has 1 aliphatic heterocycles. The second-order valence-electron chi connectivity index (χ2n) is 9.75. The van der Waals surface area contributed by atoms with Crippen LogP contribution < -0.4 is 25.0 Å². The maximum atomic E-state index is 12.8. The van der Waals surface area contributed by atoms with Gasteiger partial charge in [0, 0.05) is 11.8 Å². The zero-order valence-corrected chi connectivity index (χ0v) is 21.8. The van der Waals surface area contributed by atoms with Crippen molar-refractivity contribution >= 4 is 28.9 Å². The molecule has 7 heteroatoms. The molecule has 1 heterocycles. The molecule has 0 spiro atoms. The molecule has 2 N–H and O–H groups in total. The van der Waals surface area contributed by atoms with E-state index < -0.39 is 5.54 Å². The first-order valence-electron chi connectivity index (χ1n) is 12.2. The highest BCUT2D eigenvalue weighted by Crippen LogP contribution is 2.34. The summed E-state index contributed by atoms with van der Waals surface area (Å²) in [5.41, 5.74) is 4.67. The van der Waals surface area contributed by atoms with Gasteiger partial charge < -0.3 is 25.0 Å². The zero-order valence-electron chi connectivity index (χ0n) is 21.8. The lowest BCUT2D eigenvalue weighted by Gasteiger charge is -2.30. The van der Waals surface area contributed by atoms with Gasteiger partial charge >= 0.3 is 6.03 Å². The summed E-state index contributed by atoms with van der Waals surface area (Å²) in [4.78, 5) is 27.0. The monoisotopic (exact) mass is 499 g/mol. The van der Waals surface area contributed by atoms with Crippen molar-refractivity contribution in [2.75, 3.05) is 30.0 Å². The van der Waals surface area contributed by atoms with E-state index in [0.717, 1.165) is 28.0 Å². The van der Waals surface area contributed by atoms with Crippen LogP contribution in [0.2, 0.25) is 0 Å². The quantitative estimate of drug-likeness (QED) is 0.405. The molecule has 0 fully saturated rings. The van der Waals surface area contributed by atoms with Crippen molar-refractivity contribution in [1.82, 2.24) is 5.32 Å². The Kier molecular flexibility index (Phi) is 7.53. The van der Waals surface area contributed by atoms with Gasteiger partial charge in [0.25, 0.3) is 5.91 Å². The van der Waals surface area contributed by atoms with E-state index in [2.05, 4.69) is 17.2 Å². The van der Waals surface area contributed by atoms with E-state index in [1.54, 1.807) is 23.1 Å². The third kappa shape index (κ3) is 6.30. The lowest BCUT2D eigenvalue weighted by molar-refractivity contribution is -0.121. The summed E-state index contributed by atoms with van der Waals surface area (Å²) in [6.07, 6.45) is 0. The number of nitrogens with zero attached hydrogens (tertiary/aromatic N) is 1. The average molecular weight is 500 g/mol. The van der Waals surface area contributed by atoms with Gasteiger partial charge in [-0.25, -0.2) is 4.79 Å². The summed E-state index contributed by atoms with van der Waals surface area (Å²) in [6.45, 7) is 12.5. The minimum Gasteiger partial charge on any atom is -0.492 e. The Labute approximate surface area is 218 Å². The van der Waals surface area contributed by atoms with Gasteiger partial charge in [0.15, 0.2) is 6.61 Å². The van der Waals surface area contributed by atoms with Gasteiger partial charge in [0.2, 0.25) is 0 Å². The van der Waals surface area contributed by atoms with E-state index in [1.165, 1.54) is 0 Å². The van der Waals surface area contributed by atoms with Gasteiger partial charge in [-0.1, -0.05) is 42.5 Å². The van der Waals surface area contributed by atoms with Crippen molar-refractivity contribution in [3.05, 3.63) is 90.0 Å². The Morgan fingerprint density at radius 1 is 1.11 bits per heavy atom. The molecule has 3 aromatic rings. The van der Waals surface area contributed by atoms with Crippen LogP contribution >= 0.6 is 0 Å². The van der Waals surface area contributed by atoms with Crippen molar-refractivity contribution in [2.24, 2.45) is 0 Å². The number of fused-ring (bicyclic) bond motifs is 1. The van der Waals surface area contributed by atoms with Crippen LogP contribution in [0.1, 0.15) is 37.5 Å². The van der Waals surface area contributed by atoms with Gasteiger partial charge in [0.05, 0.1) is 17.8 Å². The number of rotatable bonds is 8. The number of hydrogen-bond acceptors (Lipinski definition) is 4. The molecular formula is C30H33N3O4.